The Balaban J connectivity index is 1.58. The van der Waals surface area contributed by atoms with Crippen LogP contribution in [0.2, 0.25) is 0 Å². The quantitative estimate of drug-likeness (QED) is 0.430. The number of fused-ring (bicyclic) bond motifs is 1. The molecular formula is C26H22N2. The van der Waals surface area contributed by atoms with Gasteiger partial charge in [0.2, 0.25) is 0 Å². The van der Waals surface area contributed by atoms with Gasteiger partial charge in [0.15, 0.2) is 0 Å². The molecule has 136 valence electrons. The molecule has 1 atom stereocenters. The van der Waals surface area contributed by atoms with Gasteiger partial charge in [0.05, 0.1) is 11.2 Å². The number of para-hydroxylation sites is 1. The molecule has 2 nitrogen and oxygen atoms in total. The molecule has 4 aromatic rings. The highest BCUT2D eigenvalue weighted by atomic mass is 15.1. The summed E-state index contributed by atoms with van der Waals surface area (Å²) in [5.74, 6) is 0.413. The van der Waals surface area contributed by atoms with E-state index in [1.165, 1.54) is 33.2 Å². The van der Waals surface area contributed by atoms with Crippen molar-refractivity contribution in [2.75, 3.05) is 0 Å². The molecule has 1 aliphatic rings. The van der Waals surface area contributed by atoms with Crippen molar-refractivity contribution >= 4 is 22.0 Å². The molecule has 0 bridgehead atoms. The Morgan fingerprint density at radius 1 is 0.786 bits per heavy atom. The number of nitrogens with zero attached hydrogens (tertiary/aromatic N) is 1. The van der Waals surface area contributed by atoms with Gasteiger partial charge < -0.3 is 0 Å². The second kappa shape index (κ2) is 6.97. The first kappa shape index (κ1) is 16.8. The molecule has 0 spiro atoms. The van der Waals surface area contributed by atoms with Crippen LogP contribution in [0.1, 0.15) is 24.6 Å². The monoisotopic (exact) mass is 362 g/mol. The van der Waals surface area contributed by atoms with Crippen LogP contribution in [0, 0.1) is 5.92 Å². The molecule has 0 saturated carbocycles. The minimum Gasteiger partial charge on any atom is -0.277 e. The molecule has 0 amide bonds. The smallest absolute Gasteiger partial charge is 0.0961 e. The second-order valence-corrected chi connectivity index (χ2v) is 7.45. The molecule has 1 unspecified atom stereocenters. The normalized spacial score (nSPS) is 16.7. The highest BCUT2D eigenvalue weighted by Gasteiger charge is 2.22. The summed E-state index contributed by atoms with van der Waals surface area (Å²) in [5.41, 5.74) is 8.74. The maximum absolute atomic E-state index is 4.61. The third kappa shape index (κ3) is 2.87. The third-order valence-electron chi connectivity index (χ3n) is 5.62. The van der Waals surface area contributed by atoms with Crippen LogP contribution in [0.4, 0.5) is 0 Å². The Morgan fingerprint density at radius 2 is 1.50 bits per heavy atom. The summed E-state index contributed by atoms with van der Waals surface area (Å²) in [6, 6.07) is 27.7. The number of benzene rings is 3. The van der Waals surface area contributed by atoms with Gasteiger partial charge >= 0.3 is 0 Å². The van der Waals surface area contributed by atoms with Crippen LogP contribution in [0.25, 0.3) is 33.2 Å². The Morgan fingerprint density at radius 3 is 2.32 bits per heavy atom. The van der Waals surface area contributed by atoms with Crippen molar-refractivity contribution in [1.82, 2.24) is 10.2 Å². The van der Waals surface area contributed by atoms with Gasteiger partial charge in [0, 0.05) is 5.39 Å². The van der Waals surface area contributed by atoms with E-state index in [-0.39, 0.29) is 0 Å². The van der Waals surface area contributed by atoms with E-state index in [1.807, 2.05) is 6.07 Å². The van der Waals surface area contributed by atoms with E-state index in [1.54, 1.807) is 0 Å². The summed E-state index contributed by atoms with van der Waals surface area (Å²) < 4.78 is 0. The first-order valence-corrected chi connectivity index (χ1v) is 9.80. The topological polar surface area (TPSA) is 28.7 Å². The molecule has 0 aliphatic heterocycles. The summed E-state index contributed by atoms with van der Waals surface area (Å²) in [6.07, 6.45) is 5.55. The van der Waals surface area contributed by atoms with Crippen LogP contribution in [-0.4, -0.2) is 10.2 Å². The van der Waals surface area contributed by atoms with Crippen LogP contribution in [0.3, 0.4) is 0 Å². The molecule has 0 radical (unpaired) electrons. The highest BCUT2D eigenvalue weighted by molar-refractivity contribution is 5.93. The van der Waals surface area contributed by atoms with Gasteiger partial charge in [-0.25, -0.2) is 0 Å². The minimum absolute atomic E-state index is 0.413. The fourth-order valence-electron chi connectivity index (χ4n) is 4.19. The Labute approximate surface area is 165 Å². The van der Waals surface area contributed by atoms with E-state index < -0.39 is 0 Å². The summed E-state index contributed by atoms with van der Waals surface area (Å²) in [6.45, 7) is 2.30. The fraction of sp³-hybridized carbons (Fsp3) is 0.115. The molecule has 0 saturated heterocycles. The number of nitrogens with one attached hydrogen (secondary N) is 1. The average Bonchev–Trinajstić information content (AvgIpc) is 3.18. The molecule has 2 heteroatoms. The van der Waals surface area contributed by atoms with Gasteiger partial charge in [0.1, 0.15) is 0 Å². The fourth-order valence-corrected chi connectivity index (χ4v) is 4.19. The predicted octanol–water partition coefficient (Wildman–Crippen LogP) is 6.74. The molecule has 0 fully saturated rings. The van der Waals surface area contributed by atoms with E-state index >= 15 is 0 Å². The zero-order valence-corrected chi connectivity index (χ0v) is 15.9. The molecule has 28 heavy (non-hydrogen) atoms. The first-order valence-electron chi connectivity index (χ1n) is 9.80. The van der Waals surface area contributed by atoms with Gasteiger partial charge in [-0.3, -0.25) is 5.10 Å². The molecule has 3 aromatic carbocycles. The number of hydrogen-bond donors (Lipinski definition) is 1. The second-order valence-electron chi connectivity index (χ2n) is 7.45. The summed E-state index contributed by atoms with van der Waals surface area (Å²) >= 11 is 0. The van der Waals surface area contributed by atoms with Crippen molar-refractivity contribution in [1.29, 1.82) is 0 Å². The Bertz CT molecular complexity index is 1200. The zero-order valence-electron chi connectivity index (χ0n) is 15.9. The summed E-state index contributed by atoms with van der Waals surface area (Å²) in [7, 11) is 0. The summed E-state index contributed by atoms with van der Waals surface area (Å²) in [4.78, 5) is 0. The number of aromatic amines is 1. The van der Waals surface area contributed by atoms with Crippen LogP contribution in [-0.2, 0) is 0 Å². The maximum atomic E-state index is 4.61. The lowest BCUT2D eigenvalue weighted by molar-refractivity contribution is 0.766. The molecule has 1 N–H and O–H groups in total. The van der Waals surface area contributed by atoms with Crippen molar-refractivity contribution in [2.24, 2.45) is 5.92 Å². The van der Waals surface area contributed by atoms with E-state index in [9.17, 15) is 0 Å². The molecule has 5 rings (SSSR count). The number of H-pyrrole nitrogens is 1. The van der Waals surface area contributed by atoms with Crippen molar-refractivity contribution in [3.63, 3.8) is 0 Å². The molecule has 1 aromatic heterocycles. The SMILES string of the molecule is CC1CC(c2ccccc2-c2ccccc2)=CC=C1c1n[nH]c2ccccc12. The lowest BCUT2D eigenvalue weighted by Crippen LogP contribution is -2.06. The van der Waals surface area contributed by atoms with Crippen LogP contribution in [0.5, 0.6) is 0 Å². The average molecular weight is 362 g/mol. The van der Waals surface area contributed by atoms with Gasteiger partial charge in [-0.15, -0.1) is 0 Å². The third-order valence-corrected chi connectivity index (χ3v) is 5.62. The van der Waals surface area contributed by atoms with Gasteiger partial charge in [0.25, 0.3) is 0 Å². The maximum Gasteiger partial charge on any atom is 0.0961 e. The van der Waals surface area contributed by atoms with Crippen molar-refractivity contribution in [3.05, 3.63) is 102 Å². The Hall–Kier alpha value is -3.39. The molecule has 1 aliphatic carbocycles. The van der Waals surface area contributed by atoms with Crippen LogP contribution in [0.15, 0.2) is 91.0 Å². The van der Waals surface area contributed by atoms with E-state index in [4.69, 9.17) is 0 Å². The number of rotatable bonds is 3. The number of aromatic nitrogens is 2. The van der Waals surface area contributed by atoms with Crippen molar-refractivity contribution < 1.29 is 0 Å². The molecule has 1 heterocycles. The standard InChI is InChI=1S/C26H22N2/c1-18-17-20(23-12-6-5-11-22(23)19-9-3-2-4-10-19)15-16-21(18)26-24-13-7-8-14-25(24)27-28-26/h2-16,18H,17H2,1H3,(H,27,28). The summed E-state index contributed by atoms with van der Waals surface area (Å²) in [5, 5.41) is 8.97. The van der Waals surface area contributed by atoms with Crippen molar-refractivity contribution in [2.45, 2.75) is 13.3 Å². The Kier molecular flexibility index (Phi) is 4.17. The van der Waals surface area contributed by atoms with Gasteiger partial charge in [-0.2, -0.15) is 5.10 Å². The van der Waals surface area contributed by atoms with Gasteiger partial charge in [-0.1, -0.05) is 91.9 Å². The van der Waals surface area contributed by atoms with Crippen molar-refractivity contribution in [3.8, 4) is 11.1 Å². The van der Waals surface area contributed by atoms with E-state index in [0.717, 1.165) is 17.6 Å². The zero-order chi connectivity index (χ0) is 18.9. The molecular weight excluding hydrogens is 340 g/mol. The number of allylic oxidation sites excluding steroid dienone is 4. The predicted molar refractivity (Wildman–Crippen MR) is 118 cm³/mol. The minimum atomic E-state index is 0.413. The first-order chi connectivity index (χ1) is 13.8. The van der Waals surface area contributed by atoms with E-state index in [0.29, 0.717) is 5.92 Å². The highest BCUT2D eigenvalue weighted by Crippen LogP contribution is 2.40. The lowest BCUT2D eigenvalue weighted by Gasteiger charge is -2.23. The van der Waals surface area contributed by atoms with Crippen LogP contribution < -0.4 is 0 Å². The van der Waals surface area contributed by atoms with Gasteiger partial charge in [-0.05, 0) is 46.2 Å². The largest absolute Gasteiger partial charge is 0.277 e. The van der Waals surface area contributed by atoms with Crippen LogP contribution >= 0.6 is 0 Å². The van der Waals surface area contributed by atoms with E-state index in [2.05, 4.69) is 102 Å². The number of hydrogen-bond acceptors (Lipinski definition) is 1. The lowest BCUT2D eigenvalue weighted by atomic mass is 9.82.